The topological polar surface area (TPSA) is 116 Å². The number of aliphatic hydroxyl groups excluding tert-OH is 1. The summed E-state index contributed by atoms with van der Waals surface area (Å²) in [5, 5.41) is 25.2. The minimum absolute atomic E-state index is 0.152. The van der Waals surface area contributed by atoms with Crippen LogP contribution in [0.2, 0.25) is 0 Å². The van der Waals surface area contributed by atoms with Gasteiger partial charge in [-0.25, -0.2) is 4.79 Å². The Bertz CT molecular complexity index is 1040. The smallest absolute Gasteiger partial charge is 0.329 e. The minimum Gasteiger partial charge on any atom is -0.480 e. The molecule has 0 saturated heterocycles. The van der Waals surface area contributed by atoms with Gasteiger partial charge in [-0.3, -0.25) is 9.59 Å². The summed E-state index contributed by atoms with van der Waals surface area (Å²) >= 11 is 0. The van der Waals surface area contributed by atoms with Gasteiger partial charge in [-0.05, 0) is 23.3 Å². The van der Waals surface area contributed by atoms with Crippen LogP contribution in [0.3, 0.4) is 0 Å². The number of nitrogens with one attached hydrogen (secondary N) is 2. The third-order valence-electron chi connectivity index (χ3n) is 4.96. The van der Waals surface area contributed by atoms with Crippen molar-refractivity contribution in [1.29, 1.82) is 0 Å². The second-order valence-corrected chi connectivity index (χ2v) is 7.26. The SMILES string of the molecule is O=C(NC(Cc1ccccc1)C(=O)NC(C(=O)O)C(O)c1ccccc1)c1ccccc1. The van der Waals surface area contributed by atoms with Crippen molar-refractivity contribution >= 4 is 17.8 Å². The Morgan fingerprint density at radius 1 is 0.750 bits per heavy atom. The third kappa shape index (κ3) is 6.02. The number of carbonyl (C=O) groups excluding carboxylic acids is 2. The molecule has 0 saturated carbocycles. The van der Waals surface area contributed by atoms with Crippen LogP contribution in [0.15, 0.2) is 91.0 Å². The molecule has 0 aliphatic rings. The summed E-state index contributed by atoms with van der Waals surface area (Å²) in [4.78, 5) is 37.5. The molecule has 4 N–H and O–H groups in total. The lowest BCUT2D eigenvalue weighted by atomic mass is 10.0. The van der Waals surface area contributed by atoms with E-state index in [9.17, 15) is 24.6 Å². The molecule has 0 aromatic heterocycles. The fourth-order valence-corrected chi connectivity index (χ4v) is 3.26. The summed E-state index contributed by atoms with van der Waals surface area (Å²) in [6.45, 7) is 0. The van der Waals surface area contributed by atoms with Crippen LogP contribution in [0.4, 0.5) is 0 Å². The minimum atomic E-state index is -1.59. The molecule has 32 heavy (non-hydrogen) atoms. The highest BCUT2D eigenvalue weighted by molar-refractivity contribution is 5.98. The molecule has 3 atom stereocenters. The van der Waals surface area contributed by atoms with Crippen molar-refractivity contribution < 1.29 is 24.6 Å². The van der Waals surface area contributed by atoms with E-state index in [-0.39, 0.29) is 6.42 Å². The first-order valence-electron chi connectivity index (χ1n) is 10.1. The van der Waals surface area contributed by atoms with E-state index >= 15 is 0 Å². The zero-order chi connectivity index (χ0) is 22.9. The third-order valence-corrected chi connectivity index (χ3v) is 4.96. The Hall–Kier alpha value is -3.97. The van der Waals surface area contributed by atoms with Gasteiger partial charge in [-0.2, -0.15) is 0 Å². The molecule has 0 bridgehead atoms. The monoisotopic (exact) mass is 432 g/mol. The normalized spacial score (nSPS) is 13.4. The van der Waals surface area contributed by atoms with Gasteiger partial charge in [-0.1, -0.05) is 78.9 Å². The summed E-state index contributed by atoms with van der Waals surface area (Å²) in [5.41, 5.74) is 1.52. The van der Waals surface area contributed by atoms with Crippen molar-refractivity contribution in [2.24, 2.45) is 0 Å². The van der Waals surface area contributed by atoms with Gasteiger partial charge in [0, 0.05) is 12.0 Å². The van der Waals surface area contributed by atoms with Gasteiger partial charge in [0.15, 0.2) is 6.04 Å². The van der Waals surface area contributed by atoms with Crippen molar-refractivity contribution in [2.75, 3.05) is 0 Å². The van der Waals surface area contributed by atoms with Crippen molar-refractivity contribution in [3.63, 3.8) is 0 Å². The molecule has 7 nitrogen and oxygen atoms in total. The average molecular weight is 432 g/mol. The number of carbonyl (C=O) groups is 3. The van der Waals surface area contributed by atoms with E-state index in [4.69, 9.17) is 0 Å². The molecular formula is C25H24N2O5. The van der Waals surface area contributed by atoms with Crippen LogP contribution in [0, 0.1) is 0 Å². The van der Waals surface area contributed by atoms with Crippen LogP contribution in [0.5, 0.6) is 0 Å². The highest BCUT2D eigenvalue weighted by atomic mass is 16.4. The van der Waals surface area contributed by atoms with E-state index in [1.54, 1.807) is 60.7 Å². The van der Waals surface area contributed by atoms with Crippen LogP contribution in [-0.4, -0.2) is 40.1 Å². The summed E-state index contributed by atoms with van der Waals surface area (Å²) in [5.74, 6) is -2.56. The number of hydrogen-bond donors (Lipinski definition) is 4. The molecule has 3 aromatic rings. The van der Waals surface area contributed by atoms with Gasteiger partial charge in [0.05, 0.1) is 0 Å². The number of benzene rings is 3. The summed E-state index contributed by atoms with van der Waals surface area (Å²) in [6, 6.07) is 23.1. The molecule has 3 rings (SSSR count). The molecule has 7 heteroatoms. The zero-order valence-electron chi connectivity index (χ0n) is 17.2. The van der Waals surface area contributed by atoms with Crippen molar-refractivity contribution in [3.8, 4) is 0 Å². The number of hydrogen-bond acceptors (Lipinski definition) is 4. The fraction of sp³-hybridized carbons (Fsp3) is 0.160. The summed E-state index contributed by atoms with van der Waals surface area (Å²) < 4.78 is 0. The molecule has 3 aromatic carbocycles. The predicted octanol–water partition coefficient (Wildman–Crippen LogP) is 2.33. The first kappa shape index (κ1) is 22.7. The first-order valence-corrected chi connectivity index (χ1v) is 10.1. The second kappa shape index (κ2) is 10.9. The Morgan fingerprint density at radius 2 is 1.28 bits per heavy atom. The number of aliphatic hydroxyl groups is 1. The van der Waals surface area contributed by atoms with Crippen LogP contribution in [-0.2, 0) is 16.0 Å². The Kier molecular flexibility index (Phi) is 7.72. The summed E-state index contributed by atoms with van der Waals surface area (Å²) in [6.07, 6.45) is -1.31. The van der Waals surface area contributed by atoms with Crippen LogP contribution < -0.4 is 10.6 Å². The van der Waals surface area contributed by atoms with E-state index in [0.29, 0.717) is 11.1 Å². The van der Waals surface area contributed by atoms with Crippen LogP contribution >= 0.6 is 0 Å². The lowest BCUT2D eigenvalue weighted by Crippen LogP contribution is -2.54. The lowest BCUT2D eigenvalue weighted by molar-refractivity contribution is -0.145. The van der Waals surface area contributed by atoms with Crippen LogP contribution in [0.1, 0.15) is 27.6 Å². The first-order chi connectivity index (χ1) is 15.5. The average Bonchev–Trinajstić information content (AvgIpc) is 2.83. The van der Waals surface area contributed by atoms with Gasteiger partial charge < -0.3 is 20.8 Å². The van der Waals surface area contributed by atoms with Crippen LogP contribution in [0.25, 0.3) is 0 Å². The molecule has 0 aliphatic carbocycles. The summed E-state index contributed by atoms with van der Waals surface area (Å²) in [7, 11) is 0. The molecule has 0 radical (unpaired) electrons. The highest BCUT2D eigenvalue weighted by Crippen LogP contribution is 2.17. The molecule has 164 valence electrons. The van der Waals surface area contributed by atoms with Gasteiger partial charge in [0.2, 0.25) is 5.91 Å². The molecule has 0 fully saturated rings. The Morgan fingerprint density at radius 3 is 1.84 bits per heavy atom. The maximum absolute atomic E-state index is 13.1. The molecule has 2 amide bonds. The van der Waals surface area contributed by atoms with E-state index < -0.39 is 36.0 Å². The largest absolute Gasteiger partial charge is 0.480 e. The van der Waals surface area contributed by atoms with Gasteiger partial charge in [0.25, 0.3) is 5.91 Å². The number of carboxylic acids is 1. The maximum atomic E-state index is 13.1. The van der Waals surface area contributed by atoms with E-state index in [1.165, 1.54) is 0 Å². The molecular weight excluding hydrogens is 408 g/mol. The van der Waals surface area contributed by atoms with E-state index in [0.717, 1.165) is 5.56 Å². The van der Waals surface area contributed by atoms with Gasteiger partial charge in [0.1, 0.15) is 12.1 Å². The predicted molar refractivity (Wildman–Crippen MR) is 119 cm³/mol. The number of carboxylic acid groups (broad SMARTS) is 1. The second-order valence-electron chi connectivity index (χ2n) is 7.26. The molecule has 0 heterocycles. The molecule has 0 spiro atoms. The van der Waals surface area contributed by atoms with Gasteiger partial charge >= 0.3 is 5.97 Å². The fourth-order valence-electron chi connectivity index (χ4n) is 3.26. The zero-order valence-corrected chi connectivity index (χ0v) is 17.2. The highest BCUT2D eigenvalue weighted by Gasteiger charge is 2.32. The molecule has 3 unspecified atom stereocenters. The standard InChI is InChI=1S/C25H24N2O5/c28-22(18-12-6-2-7-13-18)21(25(31)32)27-24(30)20(16-17-10-4-1-5-11-17)26-23(29)19-14-8-3-9-15-19/h1-15,20-22,28H,16H2,(H,26,29)(H,27,30)(H,31,32). The van der Waals surface area contributed by atoms with Crippen molar-refractivity contribution in [1.82, 2.24) is 10.6 Å². The van der Waals surface area contributed by atoms with E-state index in [1.807, 2.05) is 30.3 Å². The lowest BCUT2D eigenvalue weighted by Gasteiger charge is -2.24. The number of amides is 2. The molecule has 0 aliphatic heterocycles. The van der Waals surface area contributed by atoms with E-state index in [2.05, 4.69) is 10.6 Å². The van der Waals surface area contributed by atoms with Crippen molar-refractivity contribution in [2.45, 2.75) is 24.6 Å². The number of rotatable bonds is 9. The Labute approximate surface area is 185 Å². The number of aliphatic carboxylic acids is 1. The Balaban J connectivity index is 1.81. The maximum Gasteiger partial charge on any atom is 0.329 e. The quantitative estimate of drug-likeness (QED) is 0.414. The van der Waals surface area contributed by atoms with Gasteiger partial charge in [-0.15, -0.1) is 0 Å². The van der Waals surface area contributed by atoms with Crippen molar-refractivity contribution in [3.05, 3.63) is 108 Å².